The van der Waals surface area contributed by atoms with E-state index >= 15 is 0 Å². The van der Waals surface area contributed by atoms with Crippen LogP contribution in [0.1, 0.15) is 37.4 Å². The van der Waals surface area contributed by atoms with Crippen LogP contribution in [0.25, 0.3) is 0 Å². The molecule has 2 aromatic rings. The van der Waals surface area contributed by atoms with E-state index in [1.165, 1.54) is 0 Å². The first-order valence-corrected chi connectivity index (χ1v) is 9.18. The van der Waals surface area contributed by atoms with Crippen molar-refractivity contribution in [3.63, 3.8) is 0 Å². The van der Waals surface area contributed by atoms with Crippen LogP contribution in [0.5, 0.6) is 0 Å². The number of nitrogens with one attached hydrogen (secondary N) is 1. The van der Waals surface area contributed by atoms with Crippen LogP contribution in [0, 0.1) is 18.8 Å². The molecular formula is C22H26N2O2. The fourth-order valence-corrected chi connectivity index (χ4v) is 3.42. The fraction of sp³-hybridized carbons (Fsp3) is 0.364. The van der Waals surface area contributed by atoms with Crippen molar-refractivity contribution in [1.29, 1.82) is 0 Å². The molecule has 0 radical (unpaired) electrons. The first kappa shape index (κ1) is 18.2. The van der Waals surface area contributed by atoms with Crippen LogP contribution >= 0.6 is 0 Å². The zero-order chi connectivity index (χ0) is 18.7. The quantitative estimate of drug-likeness (QED) is 0.890. The summed E-state index contributed by atoms with van der Waals surface area (Å²) in [4.78, 5) is 26.9. The zero-order valence-corrected chi connectivity index (χ0v) is 15.6. The third-order valence-electron chi connectivity index (χ3n) is 4.96. The largest absolute Gasteiger partial charge is 0.349 e. The monoisotopic (exact) mass is 350 g/mol. The zero-order valence-electron chi connectivity index (χ0n) is 15.6. The Balaban J connectivity index is 1.70. The summed E-state index contributed by atoms with van der Waals surface area (Å²) < 4.78 is 0. The van der Waals surface area contributed by atoms with Crippen molar-refractivity contribution in [3.05, 3.63) is 65.7 Å². The number of carbonyl (C=O) groups is 2. The molecule has 1 aliphatic rings. The van der Waals surface area contributed by atoms with Gasteiger partial charge in [-0.05, 0) is 30.5 Å². The minimum absolute atomic E-state index is 0.00908. The topological polar surface area (TPSA) is 49.4 Å². The average Bonchev–Trinajstić information content (AvgIpc) is 3.02. The lowest BCUT2D eigenvalue weighted by molar-refractivity contribution is -0.127. The second-order valence-corrected chi connectivity index (χ2v) is 7.38. The van der Waals surface area contributed by atoms with Gasteiger partial charge in [0.05, 0.1) is 12.0 Å². The molecule has 2 unspecified atom stereocenters. The van der Waals surface area contributed by atoms with Crippen LogP contribution in [-0.2, 0) is 9.59 Å². The molecule has 0 bridgehead atoms. The van der Waals surface area contributed by atoms with E-state index in [0.717, 1.165) is 16.8 Å². The van der Waals surface area contributed by atoms with Crippen molar-refractivity contribution in [2.75, 3.05) is 11.4 Å². The Hall–Kier alpha value is -2.62. The molecular weight excluding hydrogens is 324 g/mol. The molecule has 4 nitrogen and oxygen atoms in total. The Morgan fingerprint density at radius 1 is 1.08 bits per heavy atom. The Kier molecular flexibility index (Phi) is 5.40. The highest BCUT2D eigenvalue weighted by Gasteiger charge is 2.36. The standard InChI is InChI=1S/C22H26N2O2/c1-15(2)21(17-7-5-4-6-8-17)23-22(26)18-13-20(25)24(14-18)19-11-9-16(3)10-12-19/h4-12,15,18,21H,13-14H2,1-3H3,(H,23,26). The predicted octanol–water partition coefficient (Wildman–Crippen LogP) is 3.86. The molecule has 1 heterocycles. The average molecular weight is 350 g/mol. The van der Waals surface area contributed by atoms with E-state index in [1.54, 1.807) is 4.90 Å². The highest BCUT2D eigenvalue weighted by molar-refractivity contribution is 6.00. The summed E-state index contributed by atoms with van der Waals surface area (Å²) in [5.41, 5.74) is 3.10. The van der Waals surface area contributed by atoms with Gasteiger partial charge in [0.25, 0.3) is 0 Å². The van der Waals surface area contributed by atoms with Gasteiger partial charge in [0.15, 0.2) is 0 Å². The van der Waals surface area contributed by atoms with Gasteiger partial charge in [-0.15, -0.1) is 0 Å². The highest BCUT2D eigenvalue weighted by atomic mass is 16.2. The van der Waals surface area contributed by atoms with Crippen LogP contribution in [-0.4, -0.2) is 18.4 Å². The summed E-state index contributed by atoms with van der Waals surface area (Å²) in [5, 5.41) is 3.16. The number of benzene rings is 2. The Bertz CT molecular complexity index is 768. The number of hydrogen-bond donors (Lipinski definition) is 1. The lowest BCUT2D eigenvalue weighted by atomic mass is 9.95. The Labute approximate surface area is 155 Å². The SMILES string of the molecule is Cc1ccc(N2CC(C(=O)NC(c3ccccc3)C(C)C)CC2=O)cc1. The smallest absolute Gasteiger partial charge is 0.227 e. The highest BCUT2D eigenvalue weighted by Crippen LogP contribution is 2.27. The molecule has 0 spiro atoms. The van der Waals surface area contributed by atoms with Gasteiger partial charge in [-0.3, -0.25) is 9.59 Å². The number of nitrogens with zero attached hydrogens (tertiary/aromatic N) is 1. The van der Waals surface area contributed by atoms with Crippen LogP contribution in [0.2, 0.25) is 0 Å². The van der Waals surface area contributed by atoms with Gasteiger partial charge in [-0.1, -0.05) is 61.9 Å². The molecule has 136 valence electrons. The van der Waals surface area contributed by atoms with Crippen molar-refractivity contribution in [2.24, 2.45) is 11.8 Å². The normalized spacial score (nSPS) is 18.2. The summed E-state index contributed by atoms with van der Waals surface area (Å²) >= 11 is 0. The molecule has 0 aliphatic carbocycles. The molecule has 2 aromatic carbocycles. The minimum Gasteiger partial charge on any atom is -0.349 e. The number of amides is 2. The van der Waals surface area contributed by atoms with Gasteiger partial charge in [0, 0.05) is 18.7 Å². The summed E-state index contributed by atoms with van der Waals surface area (Å²) in [5.74, 6) is -0.0780. The van der Waals surface area contributed by atoms with Gasteiger partial charge in [0.1, 0.15) is 0 Å². The van der Waals surface area contributed by atoms with Crippen molar-refractivity contribution in [1.82, 2.24) is 5.32 Å². The van der Waals surface area contributed by atoms with Gasteiger partial charge in [-0.25, -0.2) is 0 Å². The Morgan fingerprint density at radius 2 is 1.73 bits per heavy atom. The molecule has 2 atom stereocenters. The summed E-state index contributed by atoms with van der Waals surface area (Å²) in [6, 6.07) is 17.8. The predicted molar refractivity (Wildman–Crippen MR) is 104 cm³/mol. The van der Waals surface area contributed by atoms with E-state index in [-0.39, 0.29) is 36.1 Å². The second kappa shape index (κ2) is 7.73. The van der Waals surface area contributed by atoms with Crippen molar-refractivity contribution in [3.8, 4) is 0 Å². The van der Waals surface area contributed by atoms with Gasteiger partial charge < -0.3 is 10.2 Å². The second-order valence-electron chi connectivity index (χ2n) is 7.38. The van der Waals surface area contributed by atoms with E-state index in [1.807, 2.05) is 61.5 Å². The third-order valence-corrected chi connectivity index (χ3v) is 4.96. The van der Waals surface area contributed by atoms with E-state index in [9.17, 15) is 9.59 Å². The molecule has 0 aromatic heterocycles. The molecule has 2 amide bonds. The van der Waals surface area contributed by atoms with E-state index in [0.29, 0.717) is 6.54 Å². The van der Waals surface area contributed by atoms with E-state index < -0.39 is 0 Å². The van der Waals surface area contributed by atoms with Crippen molar-refractivity contribution in [2.45, 2.75) is 33.2 Å². The maximum Gasteiger partial charge on any atom is 0.227 e. The molecule has 26 heavy (non-hydrogen) atoms. The van der Waals surface area contributed by atoms with Gasteiger partial charge in [0.2, 0.25) is 11.8 Å². The van der Waals surface area contributed by atoms with Crippen LogP contribution in [0.15, 0.2) is 54.6 Å². The molecule has 1 N–H and O–H groups in total. The summed E-state index contributed by atoms with van der Waals surface area (Å²) in [7, 11) is 0. The number of anilines is 1. The lowest BCUT2D eigenvalue weighted by Crippen LogP contribution is -2.37. The molecule has 4 heteroatoms. The fourth-order valence-electron chi connectivity index (χ4n) is 3.42. The Morgan fingerprint density at radius 3 is 2.35 bits per heavy atom. The van der Waals surface area contributed by atoms with Crippen LogP contribution < -0.4 is 10.2 Å². The number of carbonyl (C=O) groups excluding carboxylic acids is 2. The van der Waals surface area contributed by atoms with Crippen LogP contribution in [0.4, 0.5) is 5.69 Å². The first-order chi connectivity index (χ1) is 12.5. The lowest BCUT2D eigenvalue weighted by Gasteiger charge is -2.24. The maximum atomic E-state index is 12.8. The van der Waals surface area contributed by atoms with Crippen LogP contribution in [0.3, 0.4) is 0 Å². The first-order valence-electron chi connectivity index (χ1n) is 9.18. The molecule has 0 saturated carbocycles. The molecule has 1 aliphatic heterocycles. The van der Waals surface area contributed by atoms with E-state index in [2.05, 4.69) is 19.2 Å². The third kappa shape index (κ3) is 3.96. The number of rotatable bonds is 5. The van der Waals surface area contributed by atoms with Gasteiger partial charge in [-0.2, -0.15) is 0 Å². The maximum absolute atomic E-state index is 12.8. The molecule has 3 rings (SSSR count). The van der Waals surface area contributed by atoms with Crippen molar-refractivity contribution < 1.29 is 9.59 Å². The molecule has 1 saturated heterocycles. The van der Waals surface area contributed by atoms with E-state index in [4.69, 9.17) is 0 Å². The minimum atomic E-state index is -0.311. The number of hydrogen-bond acceptors (Lipinski definition) is 2. The van der Waals surface area contributed by atoms with Crippen molar-refractivity contribution >= 4 is 17.5 Å². The summed E-state index contributed by atoms with van der Waals surface area (Å²) in [6.45, 7) is 6.64. The summed E-state index contributed by atoms with van der Waals surface area (Å²) in [6.07, 6.45) is 0.263. The molecule has 1 fully saturated rings. The van der Waals surface area contributed by atoms with Gasteiger partial charge >= 0.3 is 0 Å². The number of aryl methyl sites for hydroxylation is 1.